The van der Waals surface area contributed by atoms with Crippen molar-refractivity contribution in [1.82, 2.24) is 0 Å². The van der Waals surface area contributed by atoms with Crippen LogP contribution in [0.15, 0.2) is 18.2 Å². The minimum Gasteiger partial charge on any atom is -0.319 e. The monoisotopic (exact) mass is 203 g/mol. The zero-order valence-corrected chi connectivity index (χ0v) is 8.83. The fourth-order valence-corrected chi connectivity index (χ4v) is 1.69. The predicted molar refractivity (Wildman–Crippen MR) is 57.9 cm³/mol. The molecule has 1 aromatic carbocycles. The molecule has 1 aromatic rings. The van der Waals surface area contributed by atoms with Gasteiger partial charge in [-0.2, -0.15) is 0 Å². The first kappa shape index (κ1) is 9.90. The first-order valence-electron chi connectivity index (χ1n) is 5.05. The normalized spacial score (nSPS) is 15.1. The highest BCUT2D eigenvalue weighted by Gasteiger charge is 2.23. The molecule has 0 bridgehead atoms. The molecule has 0 spiro atoms. The van der Waals surface area contributed by atoms with Gasteiger partial charge in [-0.05, 0) is 23.1 Å². The molecule has 1 aliphatic heterocycles. The molecule has 0 saturated heterocycles. The van der Waals surface area contributed by atoms with Crippen LogP contribution in [0.5, 0.6) is 0 Å². The van der Waals surface area contributed by atoms with Crippen molar-refractivity contribution in [2.75, 3.05) is 5.32 Å². The maximum atomic E-state index is 11.2. The summed E-state index contributed by atoms with van der Waals surface area (Å²) in [6.45, 7) is 4.20. The average Bonchev–Trinajstić information content (AvgIpc) is 2.19. The molecule has 0 fully saturated rings. The highest BCUT2D eigenvalue weighted by molar-refractivity contribution is 6.42. The van der Waals surface area contributed by atoms with Crippen molar-refractivity contribution in [3.63, 3.8) is 0 Å². The van der Waals surface area contributed by atoms with E-state index in [1.165, 1.54) is 5.56 Å². The van der Waals surface area contributed by atoms with Gasteiger partial charge in [0.1, 0.15) is 0 Å². The Morgan fingerprint density at radius 1 is 1.27 bits per heavy atom. The molecule has 0 saturated carbocycles. The number of rotatable bonds is 1. The average molecular weight is 203 g/mol. The SMILES string of the molecule is CC(C)c1ccc2c(c1)CC(=O)C(=O)N2. The summed E-state index contributed by atoms with van der Waals surface area (Å²) >= 11 is 0. The van der Waals surface area contributed by atoms with Gasteiger partial charge < -0.3 is 5.32 Å². The summed E-state index contributed by atoms with van der Waals surface area (Å²) in [5.41, 5.74) is 2.88. The molecular formula is C12H13NO2. The van der Waals surface area contributed by atoms with Gasteiger partial charge in [-0.3, -0.25) is 9.59 Å². The minimum absolute atomic E-state index is 0.224. The summed E-state index contributed by atoms with van der Waals surface area (Å²) < 4.78 is 0. The number of carbonyl (C=O) groups excluding carboxylic acids is 2. The number of carbonyl (C=O) groups is 2. The number of fused-ring (bicyclic) bond motifs is 1. The molecule has 1 aliphatic rings. The Balaban J connectivity index is 2.41. The van der Waals surface area contributed by atoms with Crippen molar-refractivity contribution in [2.24, 2.45) is 0 Å². The second-order valence-corrected chi connectivity index (χ2v) is 4.13. The van der Waals surface area contributed by atoms with Crippen LogP contribution in [0.1, 0.15) is 30.9 Å². The van der Waals surface area contributed by atoms with Crippen LogP contribution in [-0.2, 0) is 16.0 Å². The third-order valence-corrected chi connectivity index (χ3v) is 2.65. The Hall–Kier alpha value is -1.64. The standard InChI is InChI=1S/C12H13NO2/c1-7(2)8-3-4-10-9(5-8)6-11(14)12(15)13-10/h3-5,7H,6H2,1-2H3,(H,13,15). The van der Waals surface area contributed by atoms with Crippen molar-refractivity contribution in [1.29, 1.82) is 0 Å². The second-order valence-electron chi connectivity index (χ2n) is 4.13. The number of ketones is 1. The molecule has 3 nitrogen and oxygen atoms in total. The number of amides is 1. The molecule has 0 aromatic heterocycles. The van der Waals surface area contributed by atoms with E-state index in [4.69, 9.17) is 0 Å². The molecule has 2 rings (SSSR count). The smallest absolute Gasteiger partial charge is 0.292 e. The van der Waals surface area contributed by atoms with Crippen LogP contribution >= 0.6 is 0 Å². The maximum Gasteiger partial charge on any atom is 0.292 e. The topological polar surface area (TPSA) is 46.2 Å². The quantitative estimate of drug-likeness (QED) is 0.708. The van der Waals surface area contributed by atoms with Gasteiger partial charge >= 0.3 is 0 Å². The van der Waals surface area contributed by atoms with Gasteiger partial charge in [0.15, 0.2) is 0 Å². The molecule has 3 heteroatoms. The zero-order chi connectivity index (χ0) is 11.0. The highest BCUT2D eigenvalue weighted by atomic mass is 16.2. The summed E-state index contributed by atoms with van der Waals surface area (Å²) in [5.74, 6) is -0.425. The summed E-state index contributed by atoms with van der Waals surface area (Å²) in [5, 5.41) is 2.59. The van der Waals surface area contributed by atoms with Crippen molar-refractivity contribution in [3.05, 3.63) is 29.3 Å². The van der Waals surface area contributed by atoms with Crippen LogP contribution in [0.25, 0.3) is 0 Å². The number of hydrogen-bond acceptors (Lipinski definition) is 2. The lowest BCUT2D eigenvalue weighted by Gasteiger charge is -2.17. The van der Waals surface area contributed by atoms with E-state index >= 15 is 0 Å². The summed E-state index contributed by atoms with van der Waals surface area (Å²) in [6.07, 6.45) is 0.224. The molecular weight excluding hydrogens is 190 g/mol. The van der Waals surface area contributed by atoms with E-state index in [1.54, 1.807) is 0 Å². The van der Waals surface area contributed by atoms with Crippen LogP contribution in [-0.4, -0.2) is 11.7 Å². The second kappa shape index (κ2) is 3.50. The summed E-state index contributed by atoms with van der Waals surface area (Å²) in [4.78, 5) is 22.3. The molecule has 1 heterocycles. The third kappa shape index (κ3) is 1.77. The molecule has 0 atom stereocenters. The Kier molecular flexibility index (Phi) is 2.31. The molecule has 1 N–H and O–H groups in total. The van der Waals surface area contributed by atoms with E-state index in [-0.39, 0.29) is 12.2 Å². The van der Waals surface area contributed by atoms with Crippen molar-refractivity contribution >= 4 is 17.4 Å². The summed E-state index contributed by atoms with van der Waals surface area (Å²) in [7, 11) is 0. The van der Waals surface area contributed by atoms with Crippen LogP contribution < -0.4 is 5.32 Å². The fraction of sp³-hybridized carbons (Fsp3) is 0.333. The van der Waals surface area contributed by atoms with E-state index in [1.807, 2.05) is 18.2 Å². The third-order valence-electron chi connectivity index (χ3n) is 2.65. The molecule has 78 valence electrons. The van der Waals surface area contributed by atoms with E-state index in [9.17, 15) is 9.59 Å². The first-order chi connectivity index (χ1) is 7.08. The van der Waals surface area contributed by atoms with Crippen LogP contribution in [0, 0.1) is 0 Å². The Morgan fingerprint density at radius 2 is 2.00 bits per heavy atom. The maximum absolute atomic E-state index is 11.2. The largest absolute Gasteiger partial charge is 0.319 e. The number of anilines is 1. The van der Waals surface area contributed by atoms with Crippen LogP contribution in [0.2, 0.25) is 0 Å². The predicted octanol–water partition coefficient (Wildman–Crippen LogP) is 1.87. The van der Waals surface area contributed by atoms with E-state index in [0.29, 0.717) is 5.92 Å². The lowest BCUT2D eigenvalue weighted by atomic mass is 9.95. The molecule has 0 aliphatic carbocycles. The van der Waals surface area contributed by atoms with Crippen molar-refractivity contribution in [2.45, 2.75) is 26.2 Å². The Morgan fingerprint density at radius 3 is 2.67 bits per heavy atom. The van der Waals surface area contributed by atoms with E-state index in [2.05, 4.69) is 19.2 Å². The summed E-state index contributed by atoms with van der Waals surface area (Å²) in [6, 6.07) is 5.85. The van der Waals surface area contributed by atoms with Crippen LogP contribution in [0.4, 0.5) is 5.69 Å². The first-order valence-corrected chi connectivity index (χ1v) is 5.05. The number of nitrogens with one attached hydrogen (secondary N) is 1. The van der Waals surface area contributed by atoms with Gasteiger partial charge in [0.2, 0.25) is 5.78 Å². The van der Waals surface area contributed by atoms with E-state index < -0.39 is 5.91 Å². The minimum atomic E-state index is -0.500. The number of benzene rings is 1. The van der Waals surface area contributed by atoms with Gasteiger partial charge in [0.05, 0.1) is 0 Å². The fourth-order valence-electron chi connectivity index (χ4n) is 1.69. The highest BCUT2D eigenvalue weighted by Crippen LogP contribution is 2.25. The lowest BCUT2D eigenvalue weighted by Crippen LogP contribution is -2.29. The molecule has 15 heavy (non-hydrogen) atoms. The van der Waals surface area contributed by atoms with Gasteiger partial charge in [0.25, 0.3) is 5.91 Å². The number of hydrogen-bond donors (Lipinski definition) is 1. The Labute approximate surface area is 88.5 Å². The van der Waals surface area contributed by atoms with Gasteiger partial charge in [-0.25, -0.2) is 0 Å². The van der Waals surface area contributed by atoms with Gasteiger partial charge in [-0.1, -0.05) is 26.0 Å². The molecule has 0 unspecified atom stereocenters. The van der Waals surface area contributed by atoms with Gasteiger partial charge in [0, 0.05) is 12.1 Å². The molecule has 0 radical (unpaired) electrons. The van der Waals surface area contributed by atoms with Crippen molar-refractivity contribution in [3.8, 4) is 0 Å². The zero-order valence-electron chi connectivity index (χ0n) is 8.83. The lowest BCUT2D eigenvalue weighted by molar-refractivity contribution is -0.134. The Bertz CT molecular complexity index is 435. The molecule has 1 amide bonds. The van der Waals surface area contributed by atoms with Gasteiger partial charge in [-0.15, -0.1) is 0 Å². The van der Waals surface area contributed by atoms with E-state index in [0.717, 1.165) is 11.3 Å². The van der Waals surface area contributed by atoms with Crippen molar-refractivity contribution < 1.29 is 9.59 Å². The van der Waals surface area contributed by atoms with Crippen LogP contribution in [0.3, 0.4) is 0 Å². The number of Topliss-reactive ketones (excluding diaryl/α,β-unsaturated/α-hetero) is 1.